The maximum Gasteiger partial charge on any atom is 0.419 e. The molecule has 0 aliphatic carbocycles. The molecule has 2 aromatic rings. The largest absolute Gasteiger partial charge is 0.464 e. The quantitative estimate of drug-likeness (QED) is 0.544. The standard InChI is InChI=1S/C14H12ClF3N4O3S/c15-9-4-8(14(16,17)18)3-7(5-21-22-13(24)25)11(9)26-12-10(6-23)19-1-2-20-12/h1-4,21-23H,5-6H2,(H,24,25). The third kappa shape index (κ3) is 5.21. The number of hydrazine groups is 1. The molecular weight excluding hydrogens is 397 g/mol. The van der Waals surface area contributed by atoms with Crippen molar-refractivity contribution in [3.8, 4) is 0 Å². The van der Waals surface area contributed by atoms with Crippen molar-refractivity contribution in [3.63, 3.8) is 0 Å². The monoisotopic (exact) mass is 408 g/mol. The van der Waals surface area contributed by atoms with Gasteiger partial charge in [-0.1, -0.05) is 23.4 Å². The summed E-state index contributed by atoms with van der Waals surface area (Å²) in [6, 6.07) is 1.63. The first-order valence-corrected chi connectivity index (χ1v) is 8.11. The summed E-state index contributed by atoms with van der Waals surface area (Å²) in [5, 5.41) is 18.0. The Balaban J connectivity index is 2.43. The minimum Gasteiger partial charge on any atom is -0.464 e. The Hall–Kier alpha value is -2.08. The topological polar surface area (TPSA) is 107 Å². The Morgan fingerprint density at radius 1 is 1.27 bits per heavy atom. The fourth-order valence-electron chi connectivity index (χ4n) is 1.92. The molecule has 0 aliphatic heterocycles. The van der Waals surface area contributed by atoms with Crippen LogP contribution in [0, 0.1) is 0 Å². The Kier molecular flexibility index (Phi) is 6.64. The molecule has 0 bridgehead atoms. The van der Waals surface area contributed by atoms with E-state index in [0.29, 0.717) is 0 Å². The van der Waals surface area contributed by atoms with Crippen molar-refractivity contribution in [2.75, 3.05) is 0 Å². The molecule has 26 heavy (non-hydrogen) atoms. The van der Waals surface area contributed by atoms with Crippen molar-refractivity contribution in [1.82, 2.24) is 20.8 Å². The van der Waals surface area contributed by atoms with Crippen molar-refractivity contribution in [2.24, 2.45) is 0 Å². The first-order valence-electron chi connectivity index (χ1n) is 6.92. The van der Waals surface area contributed by atoms with Crippen LogP contribution in [0.15, 0.2) is 34.4 Å². The fourth-order valence-corrected chi connectivity index (χ4v) is 3.23. The highest BCUT2D eigenvalue weighted by atomic mass is 35.5. The van der Waals surface area contributed by atoms with E-state index < -0.39 is 24.4 Å². The number of benzene rings is 1. The Bertz CT molecular complexity index is 807. The van der Waals surface area contributed by atoms with Gasteiger partial charge in [0.1, 0.15) is 5.03 Å². The molecule has 0 saturated carbocycles. The predicted molar refractivity (Wildman–Crippen MR) is 86.5 cm³/mol. The van der Waals surface area contributed by atoms with Crippen LogP contribution in [0.4, 0.5) is 18.0 Å². The van der Waals surface area contributed by atoms with Gasteiger partial charge >= 0.3 is 12.3 Å². The molecule has 0 unspecified atom stereocenters. The highest BCUT2D eigenvalue weighted by Gasteiger charge is 2.32. The van der Waals surface area contributed by atoms with Crippen LogP contribution in [0.2, 0.25) is 5.02 Å². The highest BCUT2D eigenvalue weighted by Crippen LogP contribution is 2.40. The zero-order valence-electron chi connectivity index (χ0n) is 12.8. The highest BCUT2D eigenvalue weighted by molar-refractivity contribution is 7.99. The van der Waals surface area contributed by atoms with Gasteiger partial charge in [0.05, 0.1) is 22.9 Å². The number of alkyl halides is 3. The summed E-state index contributed by atoms with van der Waals surface area (Å²) >= 11 is 6.95. The molecule has 140 valence electrons. The van der Waals surface area contributed by atoms with Gasteiger partial charge in [-0.2, -0.15) is 13.2 Å². The predicted octanol–water partition coefficient (Wildman–Crippen LogP) is 3.06. The summed E-state index contributed by atoms with van der Waals surface area (Å²) in [4.78, 5) is 18.7. The van der Waals surface area contributed by atoms with Gasteiger partial charge in [0, 0.05) is 23.8 Å². The molecule has 0 aliphatic rings. The van der Waals surface area contributed by atoms with Gasteiger partial charge in [-0.3, -0.25) is 10.4 Å². The van der Waals surface area contributed by atoms with Crippen LogP contribution in [0.3, 0.4) is 0 Å². The number of carboxylic acid groups (broad SMARTS) is 1. The number of rotatable bonds is 6. The van der Waals surface area contributed by atoms with E-state index in [9.17, 15) is 23.1 Å². The lowest BCUT2D eigenvalue weighted by molar-refractivity contribution is -0.137. The number of aliphatic hydroxyl groups is 1. The number of amides is 1. The van der Waals surface area contributed by atoms with Gasteiger partial charge < -0.3 is 10.2 Å². The summed E-state index contributed by atoms with van der Waals surface area (Å²) in [7, 11) is 0. The van der Waals surface area contributed by atoms with E-state index in [4.69, 9.17) is 16.7 Å². The molecule has 0 atom stereocenters. The summed E-state index contributed by atoms with van der Waals surface area (Å²) in [6.45, 7) is -0.671. The van der Waals surface area contributed by atoms with Crippen LogP contribution in [0.25, 0.3) is 0 Å². The second-order valence-electron chi connectivity index (χ2n) is 4.80. The maximum absolute atomic E-state index is 13.0. The summed E-state index contributed by atoms with van der Waals surface area (Å²) in [6.07, 6.45) is -3.29. The van der Waals surface area contributed by atoms with Crippen molar-refractivity contribution >= 4 is 29.5 Å². The maximum atomic E-state index is 13.0. The molecular formula is C14H12ClF3N4O3S. The third-order valence-electron chi connectivity index (χ3n) is 3.01. The summed E-state index contributed by atoms with van der Waals surface area (Å²) in [5.74, 6) is 0. The number of hydrogen-bond donors (Lipinski definition) is 4. The van der Waals surface area contributed by atoms with Gasteiger partial charge in [-0.25, -0.2) is 15.2 Å². The average molecular weight is 409 g/mol. The van der Waals surface area contributed by atoms with Crippen LogP contribution in [-0.4, -0.2) is 26.3 Å². The normalized spacial score (nSPS) is 11.4. The van der Waals surface area contributed by atoms with Gasteiger partial charge in [0.2, 0.25) is 0 Å². The summed E-state index contributed by atoms with van der Waals surface area (Å²) < 4.78 is 39.1. The number of nitrogens with one attached hydrogen (secondary N) is 2. The number of aliphatic hydroxyl groups excluding tert-OH is 1. The number of hydrogen-bond acceptors (Lipinski definition) is 6. The lowest BCUT2D eigenvalue weighted by Crippen LogP contribution is -2.35. The average Bonchev–Trinajstić information content (AvgIpc) is 2.56. The number of nitrogens with zero attached hydrogens (tertiary/aromatic N) is 2. The number of aromatic nitrogens is 2. The van der Waals surface area contributed by atoms with E-state index in [1.165, 1.54) is 12.4 Å². The third-order valence-corrected chi connectivity index (χ3v) is 4.64. The molecule has 7 nitrogen and oxygen atoms in total. The summed E-state index contributed by atoms with van der Waals surface area (Å²) in [5.41, 5.74) is 3.49. The van der Waals surface area contributed by atoms with Crippen molar-refractivity contribution in [2.45, 2.75) is 29.2 Å². The van der Waals surface area contributed by atoms with Gasteiger partial charge in [0.15, 0.2) is 0 Å². The minimum absolute atomic E-state index is 0.0955. The van der Waals surface area contributed by atoms with Crippen LogP contribution < -0.4 is 10.9 Å². The lowest BCUT2D eigenvalue weighted by Gasteiger charge is -2.16. The molecule has 0 radical (unpaired) electrons. The van der Waals surface area contributed by atoms with Gasteiger partial charge in [0.25, 0.3) is 0 Å². The first kappa shape index (κ1) is 20.2. The Morgan fingerprint density at radius 3 is 2.58 bits per heavy atom. The number of carbonyl (C=O) groups is 1. The van der Waals surface area contributed by atoms with E-state index in [-0.39, 0.29) is 32.7 Å². The molecule has 1 amide bonds. The second-order valence-corrected chi connectivity index (χ2v) is 6.20. The minimum atomic E-state index is -4.62. The molecule has 12 heteroatoms. The molecule has 0 spiro atoms. The van der Waals surface area contributed by atoms with Crippen molar-refractivity contribution < 1.29 is 28.2 Å². The second kappa shape index (κ2) is 8.54. The molecule has 4 N–H and O–H groups in total. The molecule has 1 aromatic heterocycles. The lowest BCUT2D eigenvalue weighted by atomic mass is 10.1. The van der Waals surface area contributed by atoms with Crippen LogP contribution in [0.1, 0.15) is 16.8 Å². The zero-order valence-corrected chi connectivity index (χ0v) is 14.4. The van der Waals surface area contributed by atoms with Crippen LogP contribution in [-0.2, 0) is 19.3 Å². The van der Waals surface area contributed by atoms with Crippen molar-refractivity contribution in [1.29, 1.82) is 0 Å². The van der Waals surface area contributed by atoms with Gasteiger partial charge in [-0.15, -0.1) is 0 Å². The molecule has 0 fully saturated rings. The van der Waals surface area contributed by atoms with Gasteiger partial charge in [-0.05, 0) is 17.7 Å². The Labute approximate surface area is 154 Å². The molecule has 1 heterocycles. The molecule has 2 rings (SSSR count). The molecule has 0 saturated heterocycles. The first-order chi connectivity index (χ1) is 12.2. The number of halogens is 4. The van der Waals surface area contributed by atoms with E-state index in [1.807, 2.05) is 5.43 Å². The van der Waals surface area contributed by atoms with Crippen LogP contribution >= 0.6 is 23.4 Å². The van der Waals surface area contributed by atoms with Crippen molar-refractivity contribution in [3.05, 3.63) is 46.4 Å². The van der Waals surface area contributed by atoms with Crippen LogP contribution in [0.5, 0.6) is 0 Å². The fraction of sp³-hybridized carbons (Fsp3) is 0.214. The smallest absolute Gasteiger partial charge is 0.419 e. The van der Waals surface area contributed by atoms with E-state index >= 15 is 0 Å². The van der Waals surface area contributed by atoms with E-state index in [1.54, 1.807) is 0 Å². The molecule has 1 aromatic carbocycles. The van der Waals surface area contributed by atoms with E-state index in [0.717, 1.165) is 23.9 Å². The Morgan fingerprint density at radius 2 is 1.96 bits per heavy atom. The zero-order chi connectivity index (χ0) is 19.3. The van der Waals surface area contributed by atoms with E-state index in [2.05, 4.69) is 15.4 Å². The SMILES string of the molecule is O=C(O)NNCc1cc(C(F)(F)F)cc(Cl)c1Sc1nccnc1CO.